The van der Waals surface area contributed by atoms with Crippen molar-refractivity contribution in [3.8, 4) is 5.75 Å². The summed E-state index contributed by atoms with van der Waals surface area (Å²) in [5, 5.41) is 22.9. The maximum absolute atomic E-state index is 12.3. The molecule has 1 amide bonds. The summed E-state index contributed by atoms with van der Waals surface area (Å²) in [6, 6.07) is 3.75. The maximum Gasteiger partial charge on any atom is 0.311 e. The lowest BCUT2D eigenvalue weighted by atomic mass is 10.0. The molecule has 1 atom stereocenters. The molecule has 0 saturated carbocycles. The van der Waals surface area contributed by atoms with Crippen LogP contribution in [-0.2, 0) is 0 Å². The molecule has 0 spiro atoms. The first-order valence-corrected chi connectivity index (χ1v) is 6.74. The quantitative estimate of drug-likeness (QED) is 0.589. The van der Waals surface area contributed by atoms with E-state index in [4.69, 9.17) is 4.74 Å². The van der Waals surface area contributed by atoms with Crippen LogP contribution in [0.4, 0.5) is 5.69 Å². The lowest BCUT2D eigenvalue weighted by molar-refractivity contribution is -0.385. The summed E-state index contributed by atoms with van der Waals surface area (Å²) in [4.78, 5) is 22.7. The van der Waals surface area contributed by atoms with Crippen molar-refractivity contribution in [2.45, 2.75) is 26.8 Å². The molecular formula is C14H20N2O5. The van der Waals surface area contributed by atoms with E-state index in [1.165, 1.54) is 18.2 Å². The molecule has 0 fully saturated rings. The van der Waals surface area contributed by atoms with Crippen molar-refractivity contribution < 1.29 is 19.6 Å². The summed E-state index contributed by atoms with van der Waals surface area (Å²) in [5.74, 6) is -0.522. The van der Waals surface area contributed by atoms with Crippen LogP contribution >= 0.6 is 0 Å². The Labute approximate surface area is 123 Å². The molecule has 0 aromatic heterocycles. The zero-order chi connectivity index (χ0) is 16.0. The highest BCUT2D eigenvalue weighted by Gasteiger charge is 2.25. The minimum absolute atomic E-state index is 0.0354. The molecule has 1 aromatic carbocycles. The van der Waals surface area contributed by atoms with Gasteiger partial charge >= 0.3 is 5.69 Å². The average molecular weight is 296 g/mol. The minimum Gasteiger partial charge on any atom is -0.487 e. The number of hydrogen-bond acceptors (Lipinski definition) is 5. The van der Waals surface area contributed by atoms with Gasteiger partial charge in [-0.15, -0.1) is 0 Å². The molecule has 0 aliphatic carbocycles. The van der Waals surface area contributed by atoms with Gasteiger partial charge in [0.05, 0.1) is 29.7 Å². The molecule has 0 aliphatic heterocycles. The zero-order valence-electron chi connectivity index (χ0n) is 12.3. The first-order chi connectivity index (χ1) is 9.92. The smallest absolute Gasteiger partial charge is 0.311 e. The van der Waals surface area contributed by atoms with Gasteiger partial charge in [0, 0.05) is 6.07 Å². The number of ether oxygens (including phenoxy) is 1. The Hall–Kier alpha value is -2.15. The number of rotatable bonds is 7. The van der Waals surface area contributed by atoms with Gasteiger partial charge in [-0.2, -0.15) is 0 Å². The highest BCUT2D eigenvalue weighted by atomic mass is 16.6. The molecule has 21 heavy (non-hydrogen) atoms. The third kappa shape index (κ3) is 4.16. The van der Waals surface area contributed by atoms with Crippen LogP contribution in [0.15, 0.2) is 18.2 Å². The van der Waals surface area contributed by atoms with Crippen LogP contribution < -0.4 is 10.1 Å². The molecule has 1 rings (SSSR count). The van der Waals surface area contributed by atoms with E-state index in [1.807, 2.05) is 13.8 Å². The fourth-order valence-electron chi connectivity index (χ4n) is 1.81. The molecule has 0 bridgehead atoms. The second-order valence-electron chi connectivity index (χ2n) is 4.85. The van der Waals surface area contributed by atoms with Crippen LogP contribution in [-0.4, -0.2) is 35.2 Å². The number of carbonyl (C=O) groups is 1. The maximum atomic E-state index is 12.3. The van der Waals surface area contributed by atoms with Gasteiger partial charge in [0.2, 0.25) is 5.75 Å². The lowest BCUT2D eigenvalue weighted by Crippen LogP contribution is -2.41. The number of carbonyl (C=O) groups excluding carboxylic acids is 1. The average Bonchev–Trinajstić information content (AvgIpc) is 2.44. The van der Waals surface area contributed by atoms with Crippen molar-refractivity contribution >= 4 is 11.6 Å². The summed E-state index contributed by atoms with van der Waals surface area (Å²) in [6.45, 7) is 5.40. The van der Waals surface area contributed by atoms with Crippen LogP contribution in [0, 0.1) is 16.0 Å². The molecule has 0 unspecified atom stereocenters. The van der Waals surface area contributed by atoms with Gasteiger partial charge in [0.1, 0.15) is 0 Å². The SMILES string of the molecule is CCOc1c(C(=O)N[C@H](CO)C(C)C)cccc1[N+](=O)[O-]. The van der Waals surface area contributed by atoms with Gasteiger partial charge in [-0.1, -0.05) is 19.9 Å². The van der Waals surface area contributed by atoms with Crippen molar-refractivity contribution in [1.29, 1.82) is 0 Å². The number of benzene rings is 1. The Bertz CT molecular complexity index is 516. The number of nitrogens with zero attached hydrogens (tertiary/aromatic N) is 1. The van der Waals surface area contributed by atoms with Crippen LogP contribution in [0.5, 0.6) is 5.75 Å². The van der Waals surface area contributed by atoms with Crippen molar-refractivity contribution in [3.05, 3.63) is 33.9 Å². The second-order valence-corrected chi connectivity index (χ2v) is 4.85. The van der Waals surface area contributed by atoms with E-state index in [1.54, 1.807) is 6.92 Å². The van der Waals surface area contributed by atoms with Crippen molar-refractivity contribution in [2.24, 2.45) is 5.92 Å². The molecule has 0 heterocycles. The summed E-state index contributed by atoms with van der Waals surface area (Å²) in [6.07, 6.45) is 0. The summed E-state index contributed by atoms with van der Waals surface area (Å²) >= 11 is 0. The van der Waals surface area contributed by atoms with E-state index in [-0.39, 0.29) is 36.1 Å². The second kappa shape index (κ2) is 7.58. The van der Waals surface area contributed by atoms with Crippen molar-refractivity contribution in [2.75, 3.05) is 13.2 Å². The number of para-hydroxylation sites is 1. The Morgan fingerprint density at radius 1 is 1.48 bits per heavy atom. The van der Waals surface area contributed by atoms with E-state index in [0.717, 1.165) is 0 Å². The first kappa shape index (κ1) is 16.9. The number of nitro groups is 1. The number of hydrogen-bond donors (Lipinski definition) is 2. The molecule has 0 aliphatic rings. The number of nitro benzene ring substituents is 1. The molecule has 0 radical (unpaired) electrons. The predicted octanol–water partition coefficient (Wildman–Crippen LogP) is 1.74. The number of aliphatic hydroxyl groups is 1. The summed E-state index contributed by atoms with van der Waals surface area (Å²) in [7, 11) is 0. The Morgan fingerprint density at radius 2 is 2.14 bits per heavy atom. The molecule has 116 valence electrons. The Kier molecular flexibility index (Phi) is 6.10. The third-order valence-corrected chi connectivity index (χ3v) is 3.04. The molecule has 7 nitrogen and oxygen atoms in total. The molecule has 7 heteroatoms. The highest BCUT2D eigenvalue weighted by molar-refractivity contribution is 5.98. The largest absolute Gasteiger partial charge is 0.487 e. The Balaban J connectivity index is 3.14. The molecule has 1 aromatic rings. The fraction of sp³-hybridized carbons (Fsp3) is 0.500. The van der Waals surface area contributed by atoms with Gasteiger partial charge in [0.25, 0.3) is 5.91 Å². The van der Waals surface area contributed by atoms with Crippen molar-refractivity contribution in [3.63, 3.8) is 0 Å². The molecular weight excluding hydrogens is 276 g/mol. The van der Waals surface area contributed by atoms with E-state index in [2.05, 4.69) is 5.32 Å². The molecule has 0 saturated heterocycles. The highest BCUT2D eigenvalue weighted by Crippen LogP contribution is 2.31. The Morgan fingerprint density at radius 3 is 2.62 bits per heavy atom. The third-order valence-electron chi connectivity index (χ3n) is 3.04. The van der Waals surface area contributed by atoms with E-state index < -0.39 is 16.9 Å². The topological polar surface area (TPSA) is 102 Å². The first-order valence-electron chi connectivity index (χ1n) is 6.74. The van der Waals surface area contributed by atoms with Gasteiger partial charge in [-0.05, 0) is 18.9 Å². The van der Waals surface area contributed by atoms with Gasteiger partial charge in [-0.3, -0.25) is 14.9 Å². The van der Waals surface area contributed by atoms with Crippen molar-refractivity contribution in [1.82, 2.24) is 5.32 Å². The number of nitrogens with one attached hydrogen (secondary N) is 1. The van der Waals surface area contributed by atoms with Crippen LogP contribution in [0.3, 0.4) is 0 Å². The standard InChI is InChI=1S/C14H20N2O5/c1-4-21-13-10(6-5-7-12(13)16(19)20)14(18)15-11(8-17)9(2)3/h5-7,9,11,17H,4,8H2,1-3H3,(H,15,18)/t11-/m1/s1. The summed E-state index contributed by atoms with van der Waals surface area (Å²) in [5.41, 5.74) is -0.167. The normalized spacial score (nSPS) is 12.0. The lowest BCUT2D eigenvalue weighted by Gasteiger charge is -2.20. The van der Waals surface area contributed by atoms with E-state index in [0.29, 0.717) is 0 Å². The van der Waals surface area contributed by atoms with Crippen LogP contribution in [0.1, 0.15) is 31.1 Å². The minimum atomic E-state index is -0.590. The predicted molar refractivity (Wildman–Crippen MR) is 77.4 cm³/mol. The number of aliphatic hydroxyl groups excluding tert-OH is 1. The van der Waals surface area contributed by atoms with Crippen LogP contribution in [0.2, 0.25) is 0 Å². The molecule has 2 N–H and O–H groups in total. The van der Waals surface area contributed by atoms with E-state index in [9.17, 15) is 20.0 Å². The van der Waals surface area contributed by atoms with E-state index >= 15 is 0 Å². The number of amides is 1. The summed E-state index contributed by atoms with van der Waals surface area (Å²) < 4.78 is 5.26. The zero-order valence-corrected chi connectivity index (χ0v) is 12.3. The fourth-order valence-corrected chi connectivity index (χ4v) is 1.81. The van der Waals surface area contributed by atoms with Gasteiger partial charge < -0.3 is 15.2 Å². The van der Waals surface area contributed by atoms with Gasteiger partial charge in [0.15, 0.2) is 0 Å². The van der Waals surface area contributed by atoms with Crippen LogP contribution in [0.25, 0.3) is 0 Å². The van der Waals surface area contributed by atoms with Gasteiger partial charge in [-0.25, -0.2) is 0 Å². The monoisotopic (exact) mass is 296 g/mol.